The first kappa shape index (κ1) is 11.5. The number of rotatable bonds is 4. The minimum Gasteiger partial charge on any atom is -0.466 e. The third kappa shape index (κ3) is 3.29. The molecule has 82 valence electrons. The normalized spacial score (nSPS) is 31.8. The fraction of sp³-hybridized carbons (Fsp3) is 0.909. The Morgan fingerprint density at radius 2 is 2.36 bits per heavy atom. The van der Waals surface area contributed by atoms with Gasteiger partial charge in [-0.1, -0.05) is 6.92 Å². The van der Waals surface area contributed by atoms with Gasteiger partial charge in [0.05, 0.1) is 12.2 Å². The third-order valence-electron chi connectivity index (χ3n) is 2.93. The quantitative estimate of drug-likeness (QED) is 0.705. The van der Waals surface area contributed by atoms with E-state index in [2.05, 4.69) is 6.92 Å². The summed E-state index contributed by atoms with van der Waals surface area (Å²) in [7, 11) is 0. The molecule has 0 aromatic carbocycles. The second kappa shape index (κ2) is 4.78. The maximum atomic E-state index is 11.1. The SMILES string of the molecule is CCOC(=O)CCC1(O)CCC(C)C1. The minimum atomic E-state index is -0.605. The highest BCUT2D eigenvalue weighted by atomic mass is 16.5. The van der Waals surface area contributed by atoms with Crippen molar-refractivity contribution in [1.82, 2.24) is 0 Å². The summed E-state index contributed by atoms with van der Waals surface area (Å²) in [6.45, 7) is 4.36. The van der Waals surface area contributed by atoms with Crippen LogP contribution in [0.1, 0.15) is 46.0 Å². The smallest absolute Gasteiger partial charge is 0.305 e. The molecule has 1 N–H and O–H groups in total. The highest BCUT2D eigenvalue weighted by Crippen LogP contribution is 2.37. The van der Waals surface area contributed by atoms with E-state index in [1.54, 1.807) is 6.92 Å². The van der Waals surface area contributed by atoms with E-state index in [0.717, 1.165) is 19.3 Å². The number of esters is 1. The van der Waals surface area contributed by atoms with E-state index in [4.69, 9.17) is 4.74 Å². The molecule has 1 rings (SSSR count). The number of hydrogen-bond acceptors (Lipinski definition) is 3. The molecule has 1 aliphatic carbocycles. The molecular weight excluding hydrogens is 180 g/mol. The Morgan fingerprint density at radius 1 is 1.64 bits per heavy atom. The first-order valence-corrected chi connectivity index (χ1v) is 5.44. The van der Waals surface area contributed by atoms with Crippen LogP contribution in [0.25, 0.3) is 0 Å². The second-order valence-corrected chi connectivity index (χ2v) is 4.38. The maximum Gasteiger partial charge on any atom is 0.305 e. The number of ether oxygens (including phenoxy) is 1. The zero-order valence-corrected chi connectivity index (χ0v) is 9.08. The van der Waals surface area contributed by atoms with Gasteiger partial charge in [-0.25, -0.2) is 0 Å². The molecule has 0 radical (unpaired) electrons. The van der Waals surface area contributed by atoms with Crippen molar-refractivity contribution in [3.8, 4) is 0 Å². The number of carbonyl (C=O) groups excluding carboxylic acids is 1. The minimum absolute atomic E-state index is 0.194. The summed E-state index contributed by atoms with van der Waals surface area (Å²) in [4.78, 5) is 11.1. The van der Waals surface area contributed by atoms with Crippen LogP contribution in [0.5, 0.6) is 0 Å². The summed E-state index contributed by atoms with van der Waals surface area (Å²) in [5.41, 5.74) is -0.605. The Bertz CT molecular complexity index is 203. The molecule has 1 saturated carbocycles. The van der Waals surface area contributed by atoms with Gasteiger partial charge in [0.25, 0.3) is 0 Å². The van der Waals surface area contributed by atoms with E-state index in [1.807, 2.05) is 0 Å². The monoisotopic (exact) mass is 200 g/mol. The zero-order valence-electron chi connectivity index (χ0n) is 9.08. The second-order valence-electron chi connectivity index (χ2n) is 4.38. The molecule has 2 unspecified atom stereocenters. The molecule has 0 aliphatic heterocycles. The van der Waals surface area contributed by atoms with Gasteiger partial charge >= 0.3 is 5.97 Å². The van der Waals surface area contributed by atoms with E-state index < -0.39 is 5.60 Å². The molecule has 0 bridgehead atoms. The molecule has 1 fully saturated rings. The van der Waals surface area contributed by atoms with Crippen molar-refractivity contribution in [2.24, 2.45) is 5.92 Å². The lowest BCUT2D eigenvalue weighted by Crippen LogP contribution is -2.26. The van der Waals surface area contributed by atoms with Gasteiger partial charge < -0.3 is 9.84 Å². The summed E-state index contributed by atoms with van der Waals surface area (Å²) >= 11 is 0. The highest BCUT2D eigenvalue weighted by Gasteiger charge is 2.35. The summed E-state index contributed by atoms with van der Waals surface area (Å²) in [6, 6.07) is 0. The lowest BCUT2D eigenvalue weighted by molar-refractivity contribution is -0.144. The topological polar surface area (TPSA) is 46.5 Å². The fourth-order valence-corrected chi connectivity index (χ4v) is 2.16. The van der Waals surface area contributed by atoms with Crippen LogP contribution in [-0.4, -0.2) is 23.3 Å². The van der Waals surface area contributed by atoms with Gasteiger partial charge in [-0.3, -0.25) is 4.79 Å². The van der Waals surface area contributed by atoms with Crippen LogP contribution >= 0.6 is 0 Å². The predicted molar refractivity (Wildman–Crippen MR) is 53.8 cm³/mol. The first-order valence-electron chi connectivity index (χ1n) is 5.44. The number of carbonyl (C=O) groups is 1. The lowest BCUT2D eigenvalue weighted by Gasteiger charge is -2.21. The molecule has 0 saturated heterocycles. The highest BCUT2D eigenvalue weighted by molar-refractivity contribution is 5.69. The van der Waals surface area contributed by atoms with E-state index in [0.29, 0.717) is 25.4 Å². The van der Waals surface area contributed by atoms with Crippen molar-refractivity contribution < 1.29 is 14.6 Å². The third-order valence-corrected chi connectivity index (χ3v) is 2.93. The van der Waals surface area contributed by atoms with Gasteiger partial charge in [-0.2, -0.15) is 0 Å². The summed E-state index contributed by atoms with van der Waals surface area (Å²) < 4.78 is 4.82. The van der Waals surface area contributed by atoms with Crippen LogP contribution in [0.3, 0.4) is 0 Å². The molecule has 0 heterocycles. The first-order chi connectivity index (χ1) is 6.56. The van der Waals surface area contributed by atoms with E-state index in [-0.39, 0.29) is 5.97 Å². The number of hydrogen-bond donors (Lipinski definition) is 1. The van der Waals surface area contributed by atoms with E-state index in [9.17, 15) is 9.90 Å². The van der Waals surface area contributed by atoms with Gasteiger partial charge in [0.1, 0.15) is 0 Å². The molecule has 0 spiro atoms. The van der Waals surface area contributed by atoms with Crippen molar-refractivity contribution >= 4 is 5.97 Å². The molecule has 1 aliphatic rings. The van der Waals surface area contributed by atoms with Crippen LogP contribution < -0.4 is 0 Å². The van der Waals surface area contributed by atoms with Gasteiger partial charge in [0.15, 0.2) is 0 Å². The largest absolute Gasteiger partial charge is 0.466 e. The van der Waals surface area contributed by atoms with Crippen molar-refractivity contribution in [2.45, 2.75) is 51.6 Å². The summed E-state index contributed by atoms with van der Waals surface area (Å²) in [5, 5.41) is 10.1. The molecule has 14 heavy (non-hydrogen) atoms. The molecule has 2 atom stereocenters. The Kier molecular flexibility index (Phi) is 3.93. The molecule has 0 aromatic heterocycles. The van der Waals surface area contributed by atoms with Gasteiger partial charge in [0, 0.05) is 6.42 Å². The predicted octanol–water partition coefficient (Wildman–Crippen LogP) is 1.88. The number of aliphatic hydroxyl groups is 1. The molecule has 3 heteroatoms. The van der Waals surface area contributed by atoms with Crippen molar-refractivity contribution in [1.29, 1.82) is 0 Å². The maximum absolute atomic E-state index is 11.1. The van der Waals surface area contributed by atoms with Gasteiger partial charge in [0.2, 0.25) is 0 Å². The van der Waals surface area contributed by atoms with Crippen molar-refractivity contribution in [3.63, 3.8) is 0 Å². The van der Waals surface area contributed by atoms with Crippen LogP contribution in [-0.2, 0) is 9.53 Å². The molecule has 0 amide bonds. The van der Waals surface area contributed by atoms with Crippen LogP contribution in [0, 0.1) is 5.92 Å². The average Bonchev–Trinajstić information content (AvgIpc) is 2.45. The zero-order chi connectivity index (χ0) is 10.6. The van der Waals surface area contributed by atoms with Gasteiger partial charge in [-0.15, -0.1) is 0 Å². The molecular formula is C11H20O3. The molecule has 0 aromatic rings. The Balaban J connectivity index is 2.27. The van der Waals surface area contributed by atoms with Crippen LogP contribution in [0.15, 0.2) is 0 Å². The van der Waals surface area contributed by atoms with Crippen molar-refractivity contribution in [3.05, 3.63) is 0 Å². The van der Waals surface area contributed by atoms with Crippen LogP contribution in [0.4, 0.5) is 0 Å². The average molecular weight is 200 g/mol. The van der Waals surface area contributed by atoms with Crippen molar-refractivity contribution in [2.75, 3.05) is 6.61 Å². The van der Waals surface area contributed by atoms with E-state index in [1.165, 1.54) is 0 Å². The summed E-state index contributed by atoms with van der Waals surface area (Å²) in [5.74, 6) is 0.391. The summed E-state index contributed by atoms with van der Waals surface area (Å²) in [6.07, 6.45) is 3.62. The van der Waals surface area contributed by atoms with E-state index >= 15 is 0 Å². The van der Waals surface area contributed by atoms with Crippen LogP contribution in [0.2, 0.25) is 0 Å². The Morgan fingerprint density at radius 3 is 2.86 bits per heavy atom. The Hall–Kier alpha value is -0.570. The Labute approximate surface area is 85.5 Å². The molecule has 3 nitrogen and oxygen atoms in total. The fourth-order valence-electron chi connectivity index (χ4n) is 2.16. The lowest BCUT2D eigenvalue weighted by atomic mass is 9.95. The standard InChI is InChI=1S/C11H20O3/c1-3-14-10(12)5-7-11(13)6-4-9(2)8-11/h9,13H,3-8H2,1-2H3. The van der Waals surface area contributed by atoms with Gasteiger partial charge in [-0.05, 0) is 38.5 Å².